The third kappa shape index (κ3) is 4.96. The summed E-state index contributed by atoms with van der Waals surface area (Å²) < 4.78 is 16.5. The maximum absolute atomic E-state index is 13.3. The molecule has 0 saturated carbocycles. The molecule has 0 radical (unpaired) electrons. The molecule has 1 aromatic carbocycles. The number of pyridine rings is 2. The Morgan fingerprint density at radius 2 is 1.79 bits per heavy atom. The second kappa shape index (κ2) is 10.3. The summed E-state index contributed by atoms with van der Waals surface area (Å²) in [5.74, 6) is 2.20. The molecule has 1 amide bonds. The van der Waals surface area contributed by atoms with Crippen molar-refractivity contribution in [1.82, 2.24) is 14.9 Å². The molecule has 1 fully saturated rings. The number of rotatable bonds is 7. The zero-order valence-corrected chi connectivity index (χ0v) is 19.0. The summed E-state index contributed by atoms with van der Waals surface area (Å²) in [5, 5.41) is 9.98. The van der Waals surface area contributed by atoms with E-state index in [2.05, 4.69) is 14.9 Å². The maximum atomic E-state index is 13.3. The number of nitrogen functional groups attached to an aromatic ring is 1. The van der Waals surface area contributed by atoms with Gasteiger partial charge in [-0.1, -0.05) is 0 Å². The number of aliphatic hydroxyl groups is 1. The average Bonchev–Trinajstić information content (AvgIpc) is 2.89. The van der Waals surface area contributed by atoms with Gasteiger partial charge in [0.2, 0.25) is 0 Å². The number of anilines is 2. The molecule has 0 bridgehead atoms. The summed E-state index contributed by atoms with van der Waals surface area (Å²) in [7, 11) is 3.09. The number of piperazine rings is 1. The van der Waals surface area contributed by atoms with Crippen LogP contribution in [0.25, 0.3) is 0 Å². The molecule has 1 unspecified atom stereocenters. The van der Waals surface area contributed by atoms with Crippen molar-refractivity contribution < 1.29 is 24.1 Å². The maximum Gasteiger partial charge on any atom is 0.273 e. The number of amides is 1. The summed E-state index contributed by atoms with van der Waals surface area (Å²) in [4.78, 5) is 25.4. The van der Waals surface area contributed by atoms with E-state index in [9.17, 15) is 9.90 Å². The van der Waals surface area contributed by atoms with Gasteiger partial charge in [-0.25, -0.2) is 9.97 Å². The highest BCUT2D eigenvalue weighted by Crippen LogP contribution is 2.32. The van der Waals surface area contributed by atoms with Gasteiger partial charge >= 0.3 is 0 Å². The lowest BCUT2D eigenvalue weighted by molar-refractivity contribution is 0.0559. The largest absolute Gasteiger partial charge is 0.497 e. The quantitative estimate of drug-likeness (QED) is 0.540. The Labute approximate surface area is 197 Å². The Morgan fingerprint density at radius 3 is 2.44 bits per heavy atom. The SMILES string of the molecule is COc1ccc(Oc2cnc(C(=O)N3CCN(c4ccc(N)nc4)CC3CO)cc2OC)cc1. The Morgan fingerprint density at radius 1 is 1.03 bits per heavy atom. The highest BCUT2D eigenvalue weighted by atomic mass is 16.5. The fraction of sp³-hybridized carbons (Fsp3) is 0.292. The van der Waals surface area contributed by atoms with Gasteiger partial charge in [0.05, 0.1) is 44.9 Å². The molecule has 34 heavy (non-hydrogen) atoms. The van der Waals surface area contributed by atoms with Crippen LogP contribution >= 0.6 is 0 Å². The van der Waals surface area contributed by atoms with Crippen LogP contribution in [0.3, 0.4) is 0 Å². The van der Waals surface area contributed by atoms with E-state index in [0.29, 0.717) is 48.5 Å². The first-order chi connectivity index (χ1) is 16.5. The summed E-state index contributed by atoms with van der Waals surface area (Å²) in [6.45, 7) is 1.29. The molecule has 1 saturated heterocycles. The number of carbonyl (C=O) groups excluding carboxylic acids is 1. The van der Waals surface area contributed by atoms with Crippen molar-refractivity contribution in [3.63, 3.8) is 0 Å². The first-order valence-electron chi connectivity index (χ1n) is 10.8. The summed E-state index contributed by atoms with van der Waals surface area (Å²) >= 11 is 0. The van der Waals surface area contributed by atoms with Gasteiger partial charge in [0.15, 0.2) is 11.5 Å². The van der Waals surface area contributed by atoms with E-state index in [4.69, 9.17) is 19.9 Å². The second-order valence-electron chi connectivity index (χ2n) is 7.72. The molecule has 0 spiro atoms. The molecule has 1 aliphatic heterocycles. The Bertz CT molecular complexity index is 1120. The molecule has 1 aliphatic rings. The minimum absolute atomic E-state index is 0.180. The van der Waals surface area contributed by atoms with Crippen molar-refractivity contribution in [2.24, 2.45) is 0 Å². The number of methoxy groups -OCH3 is 2. The average molecular weight is 466 g/mol. The van der Waals surface area contributed by atoms with Crippen LogP contribution in [0.2, 0.25) is 0 Å². The van der Waals surface area contributed by atoms with E-state index in [1.165, 1.54) is 13.3 Å². The van der Waals surface area contributed by atoms with E-state index < -0.39 is 6.04 Å². The first-order valence-corrected chi connectivity index (χ1v) is 10.8. The number of benzene rings is 1. The zero-order chi connectivity index (χ0) is 24.1. The molecule has 3 aromatic rings. The molecule has 1 atom stereocenters. The lowest BCUT2D eigenvalue weighted by Crippen LogP contribution is -2.57. The normalized spacial score (nSPS) is 15.7. The smallest absolute Gasteiger partial charge is 0.273 e. The van der Waals surface area contributed by atoms with Gasteiger partial charge in [-0.15, -0.1) is 0 Å². The number of hydrogen-bond acceptors (Lipinski definition) is 9. The second-order valence-corrected chi connectivity index (χ2v) is 7.72. The molecule has 178 valence electrons. The van der Waals surface area contributed by atoms with Crippen molar-refractivity contribution in [1.29, 1.82) is 0 Å². The van der Waals surface area contributed by atoms with Crippen molar-refractivity contribution in [3.8, 4) is 23.0 Å². The van der Waals surface area contributed by atoms with Gasteiger partial charge in [-0.3, -0.25) is 4.79 Å². The van der Waals surface area contributed by atoms with Crippen LogP contribution in [0.5, 0.6) is 23.0 Å². The summed E-state index contributed by atoms with van der Waals surface area (Å²) in [6.07, 6.45) is 3.15. The van der Waals surface area contributed by atoms with Crippen LogP contribution in [0.1, 0.15) is 10.5 Å². The van der Waals surface area contributed by atoms with Crippen LogP contribution in [0.15, 0.2) is 54.9 Å². The fourth-order valence-electron chi connectivity index (χ4n) is 3.79. The van der Waals surface area contributed by atoms with E-state index in [0.717, 1.165) is 5.69 Å². The Balaban J connectivity index is 1.48. The highest BCUT2D eigenvalue weighted by molar-refractivity contribution is 5.93. The van der Waals surface area contributed by atoms with Gasteiger partial charge < -0.3 is 34.9 Å². The summed E-state index contributed by atoms with van der Waals surface area (Å²) in [5.41, 5.74) is 6.77. The topological polar surface area (TPSA) is 123 Å². The number of nitrogens with two attached hydrogens (primary N) is 1. The minimum atomic E-state index is -0.401. The van der Waals surface area contributed by atoms with Crippen LogP contribution in [0, 0.1) is 0 Å². The fourth-order valence-corrected chi connectivity index (χ4v) is 3.79. The molecule has 10 heteroatoms. The van der Waals surface area contributed by atoms with Crippen molar-refractivity contribution in [3.05, 3.63) is 60.6 Å². The predicted octanol–water partition coefficient (Wildman–Crippen LogP) is 2.19. The number of ether oxygens (including phenoxy) is 3. The van der Waals surface area contributed by atoms with E-state index in [1.807, 2.05) is 6.07 Å². The molecule has 10 nitrogen and oxygen atoms in total. The third-order valence-corrected chi connectivity index (χ3v) is 5.65. The van der Waals surface area contributed by atoms with Crippen LogP contribution in [-0.4, -0.2) is 72.4 Å². The highest BCUT2D eigenvalue weighted by Gasteiger charge is 2.32. The molecule has 3 heterocycles. The lowest BCUT2D eigenvalue weighted by Gasteiger charge is -2.41. The molecule has 3 N–H and O–H groups in total. The standard InChI is InChI=1S/C24H27N5O5/c1-32-18-4-6-19(7-5-18)34-22-13-26-20(11-21(22)33-2)24(31)29-10-9-28(14-17(29)15-30)16-3-8-23(25)27-12-16/h3-8,11-13,17,30H,9-10,14-15H2,1-2H3,(H2,25,27). The van der Waals surface area contributed by atoms with E-state index >= 15 is 0 Å². The Hall–Kier alpha value is -4.05. The number of nitrogens with zero attached hydrogens (tertiary/aromatic N) is 4. The van der Waals surface area contributed by atoms with Crippen LogP contribution in [-0.2, 0) is 0 Å². The minimum Gasteiger partial charge on any atom is -0.497 e. The van der Waals surface area contributed by atoms with Gasteiger partial charge in [0, 0.05) is 25.7 Å². The molecule has 2 aromatic heterocycles. The summed E-state index contributed by atoms with van der Waals surface area (Å²) in [6, 6.07) is 11.8. The lowest BCUT2D eigenvalue weighted by atomic mass is 10.1. The van der Waals surface area contributed by atoms with Gasteiger partial charge in [-0.2, -0.15) is 0 Å². The van der Waals surface area contributed by atoms with Crippen molar-refractivity contribution in [2.45, 2.75) is 6.04 Å². The third-order valence-electron chi connectivity index (χ3n) is 5.65. The molecular formula is C24H27N5O5. The van der Waals surface area contributed by atoms with Crippen LogP contribution in [0.4, 0.5) is 11.5 Å². The molecule has 4 rings (SSSR count). The predicted molar refractivity (Wildman–Crippen MR) is 127 cm³/mol. The zero-order valence-electron chi connectivity index (χ0n) is 19.0. The van der Waals surface area contributed by atoms with Crippen LogP contribution < -0.4 is 24.8 Å². The van der Waals surface area contributed by atoms with Crippen molar-refractivity contribution in [2.75, 3.05) is 51.1 Å². The number of carbonyl (C=O) groups is 1. The first kappa shape index (κ1) is 23.1. The number of aromatic nitrogens is 2. The van der Waals surface area contributed by atoms with Crippen molar-refractivity contribution >= 4 is 17.4 Å². The molecular weight excluding hydrogens is 438 g/mol. The number of aliphatic hydroxyl groups excluding tert-OH is 1. The number of hydrogen-bond donors (Lipinski definition) is 2. The van der Waals surface area contributed by atoms with E-state index in [1.54, 1.807) is 54.6 Å². The van der Waals surface area contributed by atoms with E-state index in [-0.39, 0.29) is 18.2 Å². The monoisotopic (exact) mass is 465 g/mol. The van der Waals surface area contributed by atoms with Gasteiger partial charge in [0.25, 0.3) is 5.91 Å². The van der Waals surface area contributed by atoms with Gasteiger partial charge in [0.1, 0.15) is 23.0 Å². The Kier molecular flexibility index (Phi) is 6.98. The molecule has 0 aliphatic carbocycles. The van der Waals surface area contributed by atoms with Gasteiger partial charge in [-0.05, 0) is 36.4 Å².